The van der Waals surface area contributed by atoms with Crippen LogP contribution in [0.1, 0.15) is 33.6 Å². The summed E-state index contributed by atoms with van der Waals surface area (Å²) in [5, 5.41) is 12.9. The molecule has 1 aliphatic heterocycles. The molecule has 2 N–H and O–H groups in total. The Hall–Kier alpha value is -0.220. The van der Waals surface area contributed by atoms with Crippen molar-refractivity contribution in [1.82, 2.24) is 5.32 Å². The van der Waals surface area contributed by atoms with Crippen LogP contribution in [0, 0.1) is 5.92 Å². The Morgan fingerprint density at radius 3 is 2.67 bits per heavy atom. The number of thioether (sulfide) groups is 1. The average molecular weight is 231 g/mol. The average Bonchev–Trinajstić information content (AvgIpc) is 2.15. The van der Waals surface area contributed by atoms with E-state index in [2.05, 4.69) is 12.2 Å². The van der Waals surface area contributed by atoms with Gasteiger partial charge in [0.25, 0.3) is 0 Å². The Kier molecular flexibility index (Phi) is 4.93. The molecule has 1 aliphatic rings. The molecule has 88 valence electrons. The van der Waals surface area contributed by atoms with Crippen molar-refractivity contribution in [3.63, 3.8) is 0 Å². The molecule has 0 aromatic carbocycles. The standard InChI is InChI=1S/C11H21NO2S/c1-7(2)10(11(13)14)12-9-5-4-6-15-8(9)3/h7-10,12H,4-6H2,1-3H3,(H,13,14). The second-order valence-corrected chi connectivity index (χ2v) is 6.04. The van der Waals surface area contributed by atoms with Gasteiger partial charge in [-0.15, -0.1) is 0 Å². The number of carbonyl (C=O) groups is 1. The maximum Gasteiger partial charge on any atom is 0.320 e. The normalized spacial score (nSPS) is 29.1. The molecule has 0 amide bonds. The molecule has 0 bridgehead atoms. The zero-order valence-electron chi connectivity index (χ0n) is 9.69. The summed E-state index contributed by atoms with van der Waals surface area (Å²) in [6, 6.07) is -0.0524. The Labute approximate surface area is 96.0 Å². The molecule has 3 atom stereocenters. The summed E-state index contributed by atoms with van der Waals surface area (Å²) in [5.74, 6) is 0.619. The molecule has 0 aromatic rings. The van der Waals surface area contributed by atoms with Crippen LogP contribution in [-0.4, -0.2) is 34.2 Å². The molecule has 0 spiro atoms. The number of hydrogen-bond acceptors (Lipinski definition) is 3. The van der Waals surface area contributed by atoms with Gasteiger partial charge in [0, 0.05) is 11.3 Å². The summed E-state index contributed by atoms with van der Waals surface area (Å²) in [6.07, 6.45) is 2.29. The lowest BCUT2D eigenvalue weighted by atomic mass is 10.0. The Morgan fingerprint density at radius 2 is 2.20 bits per heavy atom. The molecule has 1 heterocycles. The highest BCUT2D eigenvalue weighted by Gasteiger charge is 2.28. The lowest BCUT2D eigenvalue weighted by molar-refractivity contribution is -0.140. The number of aliphatic carboxylic acids is 1. The number of carboxylic acid groups (broad SMARTS) is 1. The van der Waals surface area contributed by atoms with Gasteiger partial charge in [0.1, 0.15) is 6.04 Å². The van der Waals surface area contributed by atoms with Crippen molar-refractivity contribution in [2.75, 3.05) is 5.75 Å². The number of carboxylic acids is 1. The van der Waals surface area contributed by atoms with Gasteiger partial charge in [-0.05, 0) is 24.5 Å². The number of nitrogens with one attached hydrogen (secondary N) is 1. The van der Waals surface area contributed by atoms with E-state index in [1.807, 2.05) is 25.6 Å². The Morgan fingerprint density at radius 1 is 1.53 bits per heavy atom. The maximum atomic E-state index is 11.1. The summed E-state index contributed by atoms with van der Waals surface area (Å²) in [4.78, 5) is 11.1. The molecule has 3 unspecified atom stereocenters. The summed E-state index contributed by atoms with van der Waals surface area (Å²) in [6.45, 7) is 6.08. The predicted molar refractivity (Wildman–Crippen MR) is 64.3 cm³/mol. The van der Waals surface area contributed by atoms with E-state index in [1.165, 1.54) is 12.2 Å². The van der Waals surface area contributed by atoms with E-state index in [0.717, 1.165) is 6.42 Å². The molecule has 0 radical (unpaired) electrons. The van der Waals surface area contributed by atoms with Gasteiger partial charge in [0.15, 0.2) is 0 Å². The number of rotatable bonds is 4. The third kappa shape index (κ3) is 3.68. The first-order valence-corrected chi connectivity index (χ1v) is 6.67. The van der Waals surface area contributed by atoms with E-state index in [4.69, 9.17) is 5.11 Å². The smallest absolute Gasteiger partial charge is 0.320 e. The van der Waals surface area contributed by atoms with E-state index in [0.29, 0.717) is 11.3 Å². The topological polar surface area (TPSA) is 49.3 Å². The first kappa shape index (κ1) is 12.8. The molecule has 1 saturated heterocycles. The molecule has 4 heteroatoms. The Balaban J connectivity index is 2.52. The third-order valence-electron chi connectivity index (χ3n) is 2.93. The minimum Gasteiger partial charge on any atom is -0.480 e. The fourth-order valence-corrected chi connectivity index (χ4v) is 3.07. The molecule has 0 saturated carbocycles. The zero-order chi connectivity index (χ0) is 11.4. The SMILES string of the molecule is CC(C)C(NC1CCCSC1C)C(=O)O. The number of hydrogen-bond donors (Lipinski definition) is 2. The molecule has 0 aliphatic carbocycles. The van der Waals surface area contributed by atoms with Crippen LogP contribution in [0.5, 0.6) is 0 Å². The quantitative estimate of drug-likeness (QED) is 0.776. The highest BCUT2D eigenvalue weighted by molar-refractivity contribution is 7.99. The minimum atomic E-state index is -0.729. The molecule has 1 rings (SSSR count). The van der Waals surface area contributed by atoms with Crippen molar-refractivity contribution in [3.05, 3.63) is 0 Å². The second kappa shape index (κ2) is 5.75. The summed E-state index contributed by atoms with van der Waals surface area (Å²) >= 11 is 1.94. The van der Waals surface area contributed by atoms with Crippen LogP contribution in [0.15, 0.2) is 0 Å². The summed E-state index contributed by atoms with van der Waals surface area (Å²) in [5.41, 5.74) is 0. The molecule has 1 fully saturated rings. The first-order valence-electron chi connectivity index (χ1n) is 5.63. The highest BCUT2D eigenvalue weighted by atomic mass is 32.2. The minimum absolute atomic E-state index is 0.140. The molecule has 15 heavy (non-hydrogen) atoms. The van der Waals surface area contributed by atoms with Gasteiger partial charge < -0.3 is 10.4 Å². The van der Waals surface area contributed by atoms with Gasteiger partial charge in [-0.2, -0.15) is 11.8 Å². The van der Waals surface area contributed by atoms with Crippen molar-refractivity contribution >= 4 is 17.7 Å². The van der Waals surface area contributed by atoms with Crippen molar-refractivity contribution in [2.45, 2.75) is 50.9 Å². The first-order chi connectivity index (χ1) is 7.02. The van der Waals surface area contributed by atoms with E-state index in [9.17, 15) is 4.79 Å². The van der Waals surface area contributed by atoms with Crippen LogP contribution >= 0.6 is 11.8 Å². The van der Waals surface area contributed by atoms with Crippen LogP contribution in [-0.2, 0) is 4.79 Å². The van der Waals surface area contributed by atoms with Gasteiger partial charge in [-0.3, -0.25) is 4.79 Å². The van der Waals surface area contributed by atoms with E-state index in [1.54, 1.807) is 0 Å². The van der Waals surface area contributed by atoms with Gasteiger partial charge >= 0.3 is 5.97 Å². The van der Waals surface area contributed by atoms with E-state index in [-0.39, 0.29) is 5.92 Å². The molecular formula is C11H21NO2S. The lowest BCUT2D eigenvalue weighted by Crippen LogP contribution is -2.50. The fraction of sp³-hybridized carbons (Fsp3) is 0.909. The van der Waals surface area contributed by atoms with E-state index >= 15 is 0 Å². The van der Waals surface area contributed by atoms with Crippen molar-refractivity contribution in [3.8, 4) is 0 Å². The van der Waals surface area contributed by atoms with E-state index < -0.39 is 12.0 Å². The zero-order valence-corrected chi connectivity index (χ0v) is 10.5. The van der Waals surface area contributed by atoms with Gasteiger partial charge in [-0.1, -0.05) is 20.8 Å². The van der Waals surface area contributed by atoms with Crippen LogP contribution in [0.4, 0.5) is 0 Å². The fourth-order valence-electron chi connectivity index (χ4n) is 1.92. The van der Waals surface area contributed by atoms with Gasteiger partial charge in [0.2, 0.25) is 0 Å². The van der Waals surface area contributed by atoms with Gasteiger partial charge in [-0.25, -0.2) is 0 Å². The molecule has 3 nitrogen and oxygen atoms in total. The monoisotopic (exact) mass is 231 g/mol. The lowest BCUT2D eigenvalue weighted by Gasteiger charge is -2.32. The van der Waals surface area contributed by atoms with Crippen LogP contribution < -0.4 is 5.32 Å². The van der Waals surface area contributed by atoms with Crippen LogP contribution in [0.3, 0.4) is 0 Å². The molecule has 0 aromatic heterocycles. The van der Waals surface area contributed by atoms with Crippen molar-refractivity contribution < 1.29 is 9.90 Å². The maximum absolute atomic E-state index is 11.1. The van der Waals surface area contributed by atoms with Crippen molar-refractivity contribution in [1.29, 1.82) is 0 Å². The van der Waals surface area contributed by atoms with Crippen LogP contribution in [0.25, 0.3) is 0 Å². The largest absolute Gasteiger partial charge is 0.480 e. The van der Waals surface area contributed by atoms with Gasteiger partial charge in [0.05, 0.1) is 0 Å². The van der Waals surface area contributed by atoms with Crippen LogP contribution in [0.2, 0.25) is 0 Å². The second-order valence-electron chi connectivity index (χ2n) is 4.55. The third-order valence-corrected chi connectivity index (χ3v) is 4.31. The van der Waals surface area contributed by atoms with Crippen molar-refractivity contribution in [2.24, 2.45) is 5.92 Å². The predicted octanol–water partition coefficient (Wildman–Crippen LogP) is 1.97. The summed E-state index contributed by atoms with van der Waals surface area (Å²) < 4.78 is 0. The molecular weight excluding hydrogens is 210 g/mol. The highest BCUT2D eigenvalue weighted by Crippen LogP contribution is 2.25. The Bertz CT molecular complexity index is 221. The summed E-state index contributed by atoms with van der Waals surface area (Å²) in [7, 11) is 0.